The number of rotatable bonds is 5. The van der Waals surface area contributed by atoms with E-state index in [1.54, 1.807) is 25.4 Å². The molecule has 0 spiro atoms. The van der Waals surface area contributed by atoms with Gasteiger partial charge in [0.15, 0.2) is 0 Å². The summed E-state index contributed by atoms with van der Waals surface area (Å²) in [5.41, 5.74) is 2.71. The van der Waals surface area contributed by atoms with E-state index in [9.17, 15) is 9.50 Å². The third-order valence-corrected chi connectivity index (χ3v) is 7.11. The van der Waals surface area contributed by atoms with Crippen LogP contribution < -0.4 is 9.47 Å². The van der Waals surface area contributed by atoms with Gasteiger partial charge < -0.3 is 19.6 Å². The Kier molecular flexibility index (Phi) is 4.86. The lowest BCUT2D eigenvalue weighted by Crippen LogP contribution is -2.35. The molecule has 3 heterocycles. The number of benzene rings is 1. The van der Waals surface area contributed by atoms with Crippen LogP contribution in [0, 0.1) is 24.6 Å². The number of ether oxygens (including phenoxy) is 2. The van der Waals surface area contributed by atoms with Gasteiger partial charge >= 0.3 is 6.01 Å². The minimum atomic E-state index is -1.03. The van der Waals surface area contributed by atoms with Crippen LogP contribution in [0.2, 0.25) is 0 Å². The third-order valence-electron chi connectivity index (χ3n) is 7.11. The highest BCUT2D eigenvalue weighted by atomic mass is 19.1. The normalized spacial score (nSPS) is 25.8. The monoisotopic (exact) mass is 426 g/mol. The number of aromatic amines is 1. The maximum absolute atomic E-state index is 13.7. The first kappa shape index (κ1) is 20.2. The molecule has 5 rings (SSSR count). The number of H-pyrrole nitrogens is 1. The zero-order valence-corrected chi connectivity index (χ0v) is 18.0. The lowest BCUT2D eigenvalue weighted by molar-refractivity contribution is -0.00976. The van der Waals surface area contributed by atoms with Crippen LogP contribution in [0.25, 0.3) is 10.9 Å². The second-order valence-corrected chi connectivity index (χ2v) is 8.72. The SMILES string of the molecule is COc1ncc([C@]2(O)CC[C@H]3CN(Cc4[nH]c5ccc(F)cc5c4C)C[C@H]32)c(OC)n1. The quantitative estimate of drug-likeness (QED) is 0.652. The molecule has 3 aromatic rings. The Hall–Kier alpha value is -2.71. The summed E-state index contributed by atoms with van der Waals surface area (Å²) in [5, 5.41) is 12.6. The van der Waals surface area contributed by atoms with E-state index in [2.05, 4.69) is 19.9 Å². The third kappa shape index (κ3) is 3.25. The van der Waals surface area contributed by atoms with E-state index in [4.69, 9.17) is 9.47 Å². The van der Waals surface area contributed by atoms with Crippen molar-refractivity contribution in [3.63, 3.8) is 0 Å². The Morgan fingerprint density at radius 2 is 2.13 bits per heavy atom. The fraction of sp³-hybridized carbons (Fsp3) is 0.478. The van der Waals surface area contributed by atoms with Crippen LogP contribution >= 0.6 is 0 Å². The van der Waals surface area contributed by atoms with Gasteiger partial charge in [0.05, 0.1) is 19.8 Å². The number of nitrogens with zero attached hydrogens (tertiary/aromatic N) is 3. The van der Waals surface area contributed by atoms with Crippen LogP contribution in [0.15, 0.2) is 24.4 Å². The van der Waals surface area contributed by atoms with Gasteiger partial charge in [-0.1, -0.05) is 0 Å². The Balaban J connectivity index is 1.39. The van der Waals surface area contributed by atoms with Crippen molar-refractivity contribution in [2.24, 2.45) is 11.8 Å². The van der Waals surface area contributed by atoms with Crippen LogP contribution in [0.4, 0.5) is 4.39 Å². The molecular weight excluding hydrogens is 399 g/mol. The molecule has 8 heteroatoms. The number of halogens is 1. The van der Waals surface area contributed by atoms with Crippen LogP contribution in [-0.2, 0) is 12.1 Å². The van der Waals surface area contributed by atoms with Crippen molar-refractivity contribution in [3.05, 3.63) is 47.0 Å². The molecule has 0 bridgehead atoms. The number of methoxy groups -OCH3 is 2. The summed E-state index contributed by atoms with van der Waals surface area (Å²) >= 11 is 0. The van der Waals surface area contributed by atoms with Crippen molar-refractivity contribution in [1.29, 1.82) is 0 Å². The van der Waals surface area contributed by atoms with Gasteiger partial charge in [0.25, 0.3) is 0 Å². The van der Waals surface area contributed by atoms with Gasteiger partial charge in [-0.25, -0.2) is 9.37 Å². The zero-order chi connectivity index (χ0) is 21.8. The highest BCUT2D eigenvalue weighted by Crippen LogP contribution is 2.52. The van der Waals surface area contributed by atoms with E-state index in [0.29, 0.717) is 23.8 Å². The van der Waals surface area contributed by atoms with E-state index in [-0.39, 0.29) is 17.7 Å². The summed E-state index contributed by atoms with van der Waals surface area (Å²) in [6.07, 6.45) is 3.22. The summed E-state index contributed by atoms with van der Waals surface area (Å²) in [6, 6.07) is 5.07. The fourth-order valence-electron chi connectivity index (χ4n) is 5.49. The van der Waals surface area contributed by atoms with Gasteiger partial charge in [-0.05, 0) is 49.4 Å². The van der Waals surface area contributed by atoms with Crippen molar-refractivity contribution in [1.82, 2.24) is 19.9 Å². The van der Waals surface area contributed by atoms with Gasteiger partial charge in [-0.2, -0.15) is 4.98 Å². The van der Waals surface area contributed by atoms with Crippen molar-refractivity contribution in [2.75, 3.05) is 27.3 Å². The predicted molar refractivity (Wildman–Crippen MR) is 114 cm³/mol. The molecule has 1 aromatic carbocycles. The van der Waals surface area contributed by atoms with Crippen LogP contribution in [0.1, 0.15) is 29.7 Å². The molecule has 2 aromatic heterocycles. The molecule has 164 valence electrons. The first-order chi connectivity index (χ1) is 14.9. The maximum Gasteiger partial charge on any atom is 0.319 e. The molecule has 2 aliphatic rings. The Morgan fingerprint density at radius 3 is 2.90 bits per heavy atom. The minimum absolute atomic E-state index is 0.0699. The molecule has 1 aliphatic heterocycles. The van der Waals surface area contributed by atoms with E-state index in [1.165, 1.54) is 13.2 Å². The summed E-state index contributed by atoms with van der Waals surface area (Å²) in [6.45, 7) is 4.44. The van der Waals surface area contributed by atoms with Crippen LogP contribution in [0.3, 0.4) is 0 Å². The highest BCUT2D eigenvalue weighted by Gasteiger charge is 2.54. The van der Waals surface area contributed by atoms with E-state index in [0.717, 1.165) is 48.2 Å². The Labute approximate surface area is 180 Å². The minimum Gasteiger partial charge on any atom is -0.481 e. The van der Waals surface area contributed by atoms with E-state index < -0.39 is 5.60 Å². The van der Waals surface area contributed by atoms with E-state index >= 15 is 0 Å². The molecule has 1 saturated carbocycles. The van der Waals surface area contributed by atoms with Gasteiger partial charge in [0.1, 0.15) is 11.4 Å². The van der Waals surface area contributed by atoms with E-state index in [1.807, 2.05) is 6.92 Å². The average molecular weight is 426 g/mol. The highest BCUT2D eigenvalue weighted by molar-refractivity contribution is 5.84. The lowest BCUT2D eigenvalue weighted by Gasteiger charge is -2.31. The number of hydrogen-bond donors (Lipinski definition) is 2. The Morgan fingerprint density at radius 1 is 1.29 bits per heavy atom. The van der Waals surface area contributed by atoms with Crippen LogP contribution in [0.5, 0.6) is 11.9 Å². The molecule has 0 amide bonds. The van der Waals surface area contributed by atoms with Gasteiger partial charge in [0.2, 0.25) is 5.88 Å². The van der Waals surface area contributed by atoms with Gasteiger partial charge in [0, 0.05) is 48.3 Å². The topological polar surface area (TPSA) is 83.5 Å². The summed E-state index contributed by atoms with van der Waals surface area (Å²) in [7, 11) is 3.05. The number of fused-ring (bicyclic) bond motifs is 2. The largest absolute Gasteiger partial charge is 0.481 e. The predicted octanol–water partition coefficient (Wildman–Crippen LogP) is 3.15. The number of aromatic nitrogens is 3. The molecule has 3 atom stereocenters. The smallest absolute Gasteiger partial charge is 0.319 e. The molecule has 31 heavy (non-hydrogen) atoms. The molecule has 0 radical (unpaired) electrons. The van der Waals surface area contributed by atoms with Crippen molar-refractivity contribution < 1.29 is 19.0 Å². The molecule has 1 aliphatic carbocycles. The average Bonchev–Trinajstić information content (AvgIpc) is 3.42. The van der Waals surface area contributed by atoms with Crippen molar-refractivity contribution >= 4 is 10.9 Å². The molecular formula is C23H27FN4O3. The number of nitrogens with one attached hydrogen (secondary N) is 1. The summed E-state index contributed by atoms with van der Waals surface area (Å²) in [5.74, 6) is 0.596. The fourth-order valence-corrected chi connectivity index (χ4v) is 5.49. The Bertz CT molecular complexity index is 1130. The number of aliphatic hydroxyl groups is 1. The number of hydrogen-bond acceptors (Lipinski definition) is 6. The van der Waals surface area contributed by atoms with Crippen molar-refractivity contribution in [2.45, 2.75) is 31.9 Å². The van der Waals surface area contributed by atoms with Crippen molar-refractivity contribution in [3.8, 4) is 11.9 Å². The van der Waals surface area contributed by atoms with Gasteiger partial charge in [-0.3, -0.25) is 4.90 Å². The molecule has 2 fully saturated rings. The van der Waals surface area contributed by atoms with Crippen LogP contribution in [-0.4, -0.2) is 52.3 Å². The zero-order valence-electron chi connectivity index (χ0n) is 18.0. The summed E-state index contributed by atoms with van der Waals surface area (Å²) < 4.78 is 24.2. The second-order valence-electron chi connectivity index (χ2n) is 8.72. The molecule has 7 nitrogen and oxygen atoms in total. The molecule has 2 N–H and O–H groups in total. The number of likely N-dealkylation sites (tertiary alicyclic amines) is 1. The lowest BCUT2D eigenvalue weighted by atomic mass is 9.83. The first-order valence-corrected chi connectivity index (χ1v) is 10.6. The maximum atomic E-state index is 13.7. The molecule has 0 unspecified atom stereocenters. The molecule has 1 saturated heterocycles. The standard InChI is InChI=1S/C23H27FN4O3/c1-13-16-8-15(24)4-5-19(16)26-20(13)12-28-10-14-6-7-23(29,18(14)11-28)17-9-25-22(31-3)27-21(17)30-2/h4-5,8-9,14,18,26,29H,6-7,10-12H2,1-3H3/t14-,18+,23+/m0/s1. The second kappa shape index (κ2) is 7.46. The number of aryl methyl sites for hydroxylation is 1. The summed E-state index contributed by atoms with van der Waals surface area (Å²) in [4.78, 5) is 14.3. The first-order valence-electron chi connectivity index (χ1n) is 10.6. The van der Waals surface area contributed by atoms with Gasteiger partial charge in [-0.15, -0.1) is 0 Å².